The number of benzene rings is 1. The molecule has 6 heteroatoms. The maximum atomic E-state index is 6.03. The van der Waals surface area contributed by atoms with E-state index >= 15 is 0 Å². The molecule has 0 N–H and O–H groups in total. The summed E-state index contributed by atoms with van der Waals surface area (Å²) in [5.74, 6) is 0.946. The number of ether oxygens (including phenoxy) is 1. The van der Waals surface area contributed by atoms with Crippen LogP contribution in [0.15, 0.2) is 30.3 Å². The number of hydrogen-bond donors (Lipinski definition) is 0. The molecule has 0 saturated carbocycles. The molecule has 2 aliphatic heterocycles. The van der Waals surface area contributed by atoms with Crippen molar-refractivity contribution in [3.63, 3.8) is 0 Å². The lowest BCUT2D eigenvalue weighted by Gasteiger charge is -2.36. The molecule has 0 spiro atoms. The fraction of sp³-hybridized carbons (Fsp3) is 0.529. The van der Waals surface area contributed by atoms with Gasteiger partial charge >= 0.3 is 0 Å². The smallest absolute Gasteiger partial charge is 0.205 e. The first-order valence-corrected chi connectivity index (χ1v) is 9.08. The molecule has 0 amide bonds. The van der Waals surface area contributed by atoms with Crippen LogP contribution >= 0.6 is 11.5 Å². The summed E-state index contributed by atoms with van der Waals surface area (Å²) < 4.78 is 10.4. The van der Waals surface area contributed by atoms with Crippen LogP contribution in [0.2, 0.25) is 0 Å². The summed E-state index contributed by atoms with van der Waals surface area (Å²) in [6.07, 6.45) is 1.18. The molecular formula is C17H22N4OS. The van der Waals surface area contributed by atoms with Crippen molar-refractivity contribution in [2.24, 2.45) is 0 Å². The van der Waals surface area contributed by atoms with E-state index in [1.54, 1.807) is 0 Å². The molecule has 1 aromatic heterocycles. The van der Waals surface area contributed by atoms with Crippen molar-refractivity contribution in [1.29, 1.82) is 0 Å². The van der Waals surface area contributed by atoms with Gasteiger partial charge in [-0.15, -0.1) is 0 Å². The first-order chi connectivity index (χ1) is 11.3. The quantitative estimate of drug-likeness (QED) is 0.859. The van der Waals surface area contributed by atoms with Crippen LogP contribution in [0.3, 0.4) is 0 Å². The molecule has 5 nitrogen and oxygen atoms in total. The Morgan fingerprint density at radius 3 is 2.91 bits per heavy atom. The third-order valence-corrected chi connectivity index (χ3v) is 5.50. The standard InChI is InChI=1S/C17H22N4OS/c1-2-16-18-17(23-19-16)21-11-14-15(12-21)22-9-8-20(14)10-13-6-4-3-5-7-13/h3-7,14-15H,2,8-12H2,1H3/t14-,15+/m0/s1. The van der Waals surface area contributed by atoms with Gasteiger partial charge in [-0.25, -0.2) is 4.98 Å². The van der Waals surface area contributed by atoms with Gasteiger partial charge in [0.05, 0.1) is 18.8 Å². The van der Waals surface area contributed by atoms with E-state index in [2.05, 4.69) is 56.4 Å². The summed E-state index contributed by atoms with van der Waals surface area (Å²) in [7, 11) is 0. The van der Waals surface area contributed by atoms with Crippen molar-refractivity contribution in [1.82, 2.24) is 14.3 Å². The van der Waals surface area contributed by atoms with Gasteiger partial charge < -0.3 is 9.64 Å². The van der Waals surface area contributed by atoms with Crippen LogP contribution in [-0.2, 0) is 17.7 Å². The summed E-state index contributed by atoms with van der Waals surface area (Å²) in [6, 6.07) is 11.1. The van der Waals surface area contributed by atoms with Gasteiger partial charge in [0.25, 0.3) is 0 Å². The zero-order valence-corrected chi connectivity index (χ0v) is 14.2. The number of aryl methyl sites for hydroxylation is 1. The molecule has 0 unspecified atom stereocenters. The number of hydrogen-bond acceptors (Lipinski definition) is 6. The van der Waals surface area contributed by atoms with E-state index in [4.69, 9.17) is 4.74 Å². The highest BCUT2D eigenvalue weighted by Gasteiger charge is 2.41. The van der Waals surface area contributed by atoms with Gasteiger partial charge in [-0.1, -0.05) is 37.3 Å². The normalized spacial score (nSPS) is 24.8. The largest absolute Gasteiger partial charge is 0.373 e. The van der Waals surface area contributed by atoms with E-state index in [9.17, 15) is 0 Å². The number of nitrogens with zero attached hydrogens (tertiary/aromatic N) is 4. The van der Waals surface area contributed by atoms with Crippen LogP contribution in [0.25, 0.3) is 0 Å². The Bertz CT molecular complexity index is 647. The second-order valence-electron chi connectivity index (χ2n) is 6.18. The first-order valence-electron chi connectivity index (χ1n) is 8.30. The highest BCUT2D eigenvalue weighted by molar-refractivity contribution is 7.09. The van der Waals surface area contributed by atoms with Gasteiger partial charge in [0.1, 0.15) is 5.82 Å². The second-order valence-corrected chi connectivity index (χ2v) is 6.91. The van der Waals surface area contributed by atoms with Crippen LogP contribution in [0.4, 0.5) is 5.13 Å². The minimum atomic E-state index is 0.279. The average Bonchev–Trinajstić information content (AvgIpc) is 3.23. The van der Waals surface area contributed by atoms with Crippen molar-refractivity contribution in [2.75, 3.05) is 31.1 Å². The minimum absolute atomic E-state index is 0.279. The number of morpholine rings is 1. The Labute approximate surface area is 141 Å². The molecule has 0 radical (unpaired) electrons. The zero-order chi connectivity index (χ0) is 15.6. The number of aromatic nitrogens is 2. The summed E-state index contributed by atoms with van der Waals surface area (Å²) in [6.45, 7) is 6.82. The fourth-order valence-corrected chi connectivity index (χ4v) is 4.21. The predicted octanol–water partition coefficient (Wildman–Crippen LogP) is 2.19. The van der Waals surface area contributed by atoms with Crippen molar-refractivity contribution < 1.29 is 4.74 Å². The van der Waals surface area contributed by atoms with Crippen molar-refractivity contribution in [3.05, 3.63) is 41.7 Å². The Morgan fingerprint density at radius 1 is 1.26 bits per heavy atom. The van der Waals surface area contributed by atoms with Crippen LogP contribution in [0.5, 0.6) is 0 Å². The Hall–Kier alpha value is -1.50. The van der Waals surface area contributed by atoms with E-state index < -0.39 is 0 Å². The topological polar surface area (TPSA) is 41.5 Å². The number of rotatable bonds is 4. The molecule has 2 fully saturated rings. The van der Waals surface area contributed by atoms with Crippen LogP contribution < -0.4 is 4.90 Å². The summed E-state index contributed by atoms with van der Waals surface area (Å²) in [5.41, 5.74) is 1.37. The van der Waals surface area contributed by atoms with E-state index in [0.717, 1.165) is 50.2 Å². The van der Waals surface area contributed by atoms with Crippen molar-refractivity contribution in [2.45, 2.75) is 32.0 Å². The molecular weight excluding hydrogens is 308 g/mol. The van der Waals surface area contributed by atoms with E-state index in [0.29, 0.717) is 6.04 Å². The van der Waals surface area contributed by atoms with E-state index in [1.807, 2.05) is 0 Å². The first kappa shape index (κ1) is 15.1. The molecule has 2 saturated heterocycles. The van der Waals surface area contributed by atoms with Gasteiger partial charge in [-0.3, -0.25) is 4.90 Å². The van der Waals surface area contributed by atoms with Gasteiger partial charge in [0.15, 0.2) is 0 Å². The highest BCUT2D eigenvalue weighted by atomic mass is 32.1. The lowest BCUT2D eigenvalue weighted by atomic mass is 10.1. The fourth-order valence-electron chi connectivity index (χ4n) is 3.45. The molecule has 3 heterocycles. The SMILES string of the molecule is CCc1nsc(N2C[C@H]3OCCN(Cc4ccccc4)[C@H]3C2)n1. The minimum Gasteiger partial charge on any atom is -0.373 e. The Balaban J connectivity index is 1.47. The highest BCUT2D eigenvalue weighted by Crippen LogP contribution is 2.29. The average molecular weight is 330 g/mol. The summed E-state index contributed by atoms with van der Waals surface area (Å²) >= 11 is 1.51. The van der Waals surface area contributed by atoms with Crippen LogP contribution in [-0.4, -0.2) is 52.6 Å². The van der Waals surface area contributed by atoms with E-state index in [1.165, 1.54) is 17.1 Å². The van der Waals surface area contributed by atoms with Crippen molar-refractivity contribution in [3.8, 4) is 0 Å². The summed E-state index contributed by atoms with van der Waals surface area (Å²) in [5, 5.41) is 1.04. The molecule has 122 valence electrons. The molecule has 0 bridgehead atoms. The van der Waals surface area contributed by atoms with Gasteiger partial charge in [-0.2, -0.15) is 4.37 Å². The van der Waals surface area contributed by atoms with Crippen LogP contribution in [0.1, 0.15) is 18.3 Å². The second kappa shape index (κ2) is 6.55. The third kappa shape index (κ3) is 3.11. The van der Waals surface area contributed by atoms with Gasteiger partial charge in [-0.05, 0) is 5.56 Å². The number of fused-ring (bicyclic) bond motifs is 1. The monoisotopic (exact) mass is 330 g/mol. The molecule has 2 aromatic rings. The zero-order valence-electron chi connectivity index (χ0n) is 13.4. The molecule has 2 aliphatic rings. The lowest BCUT2D eigenvalue weighted by molar-refractivity contribution is -0.0499. The Kier molecular flexibility index (Phi) is 4.29. The lowest BCUT2D eigenvalue weighted by Crippen LogP contribution is -2.50. The van der Waals surface area contributed by atoms with E-state index in [-0.39, 0.29) is 6.10 Å². The van der Waals surface area contributed by atoms with Crippen molar-refractivity contribution >= 4 is 16.7 Å². The molecule has 1 aromatic carbocycles. The summed E-state index contributed by atoms with van der Waals surface area (Å²) in [4.78, 5) is 9.54. The number of anilines is 1. The van der Waals surface area contributed by atoms with Crippen LogP contribution in [0, 0.1) is 0 Å². The molecule has 2 atom stereocenters. The molecule has 0 aliphatic carbocycles. The maximum Gasteiger partial charge on any atom is 0.205 e. The predicted molar refractivity (Wildman–Crippen MR) is 91.9 cm³/mol. The molecule has 23 heavy (non-hydrogen) atoms. The van der Waals surface area contributed by atoms with Gasteiger partial charge in [0.2, 0.25) is 5.13 Å². The van der Waals surface area contributed by atoms with Gasteiger partial charge in [0, 0.05) is 44.1 Å². The third-order valence-electron chi connectivity index (χ3n) is 4.69. The maximum absolute atomic E-state index is 6.03. The Morgan fingerprint density at radius 2 is 2.13 bits per heavy atom. The molecule has 4 rings (SSSR count).